The first-order chi connectivity index (χ1) is 9.04. The summed E-state index contributed by atoms with van der Waals surface area (Å²) in [6.45, 7) is 0. The summed E-state index contributed by atoms with van der Waals surface area (Å²) in [6, 6.07) is 8.87. The molecule has 0 unspecified atom stereocenters. The lowest BCUT2D eigenvalue weighted by molar-refractivity contribution is 0.0693. The summed E-state index contributed by atoms with van der Waals surface area (Å²) in [7, 11) is 1.48. The molecule has 0 aliphatic carbocycles. The van der Waals surface area contributed by atoms with Gasteiger partial charge in [0.15, 0.2) is 0 Å². The largest absolute Gasteiger partial charge is 0.495 e. The Morgan fingerprint density at radius 3 is 2.63 bits per heavy atom. The highest BCUT2D eigenvalue weighted by molar-refractivity contribution is 6.32. The van der Waals surface area contributed by atoms with Crippen LogP contribution in [0.3, 0.4) is 0 Å². The smallest absolute Gasteiger partial charge is 0.339 e. The standard InChI is InChI=1S/C14H10ClFO3/c1-19-12-6-5-8(7-10(12)15)9-3-2-4-11(16)13(9)14(17)18/h2-7H,1H3,(H,17,18). The van der Waals surface area contributed by atoms with E-state index in [9.17, 15) is 9.18 Å². The molecule has 0 saturated carbocycles. The maximum absolute atomic E-state index is 13.6. The van der Waals surface area contributed by atoms with E-state index in [4.69, 9.17) is 21.4 Å². The molecule has 0 bridgehead atoms. The van der Waals surface area contributed by atoms with Gasteiger partial charge < -0.3 is 9.84 Å². The van der Waals surface area contributed by atoms with Crippen molar-refractivity contribution in [2.75, 3.05) is 7.11 Å². The highest BCUT2D eigenvalue weighted by atomic mass is 35.5. The van der Waals surface area contributed by atoms with Crippen LogP contribution >= 0.6 is 11.6 Å². The molecule has 5 heteroatoms. The van der Waals surface area contributed by atoms with Crippen LogP contribution in [0.15, 0.2) is 36.4 Å². The van der Waals surface area contributed by atoms with Gasteiger partial charge in [-0.3, -0.25) is 0 Å². The Bertz CT molecular complexity index is 641. The molecule has 1 N–H and O–H groups in total. The monoisotopic (exact) mass is 280 g/mol. The van der Waals surface area contributed by atoms with Gasteiger partial charge in [0.2, 0.25) is 0 Å². The van der Waals surface area contributed by atoms with Gasteiger partial charge in [-0.05, 0) is 29.3 Å². The minimum Gasteiger partial charge on any atom is -0.495 e. The van der Waals surface area contributed by atoms with Crippen molar-refractivity contribution in [1.29, 1.82) is 0 Å². The lowest BCUT2D eigenvalue weighted by Crippen LogP contribution is -2.03. The van der Waals surface area contributed by atoms with Gasteiger partial charge in [0, 0.05) is 0 Å². The lowest BCUT2D eigenvalue weighted by Gasteiger charge is -2.09. The Labute approximate surface area is 114 Å². The fraction of sp³-hybridized carbons (Fsp3) is 0.0714. The number of benzene rings is 2. The highest BCUT2D eigenvalue weighted by Gasteiger charge is 2.17. The summed E-state index contributed by atoms with van der Waals surface area (Å²) >= 11 is 5.98. The van der Waals surface area contributed by atoms with Gasteiger partial charge in [-0.2, -0.15) is 0 Å². The molecule has 0 saturated heterocycles. The SMILES string of the molecule is COc1ccc(-c2cccc(F)c2C(=O)O)cc1Cl. The second-order valence-electron chi connectivity index (χ2n) is 3.82. The first kappa shape index (κ1) is 13.4. The van der Waals surface area contributed by atoms with Crippen LogP contribution in [0.2, 0.25) is 5.02 Å². The molecule has 3 nitrogen and oxygen atoms in total. The zero-order valence-corrected chi connectivity index (χ0v) is 10.7. The molecule has 0 aliphatic rings. The average Bonchev–Trinajstić information content (AvgIpc) is 2.37. The molecular formula is C14H10ClFO3. The summed E-state index contributed by atoms with van der Waals surface area (Å²) in [6.07, 6.45) is 0. The van der Waals surface area contributed by atoms with E-state index in [1.54, 1.807) is 18.2 Å². The molecule has 0 atom stereocenters. The third-order valence-corrected chi connectivity index (χ3v) is 2.99. The summed E-state index contributed by atoms with van der Waals surface area (Å²) in [5, 5.41) is 9.41. The third kappa shape index (κ3) is 2.53. The Morgan fingerprint density at radius 2 is 2.05 bits per heavy atom. The number of methoxy groups -OCH3 is 1. The zero-order valence-electron chi connectivity index (χ0n) is 9.98. The van der Waals surface area contributed by atoms with Crippen LogP contribution in [0.5, 0.6) is 5.75 Å². The number of rotatable bonds is 3. The number of carboxylic acids is 1. The van der Waals surface area contributed by atoms with Gasteiger partial charge in [-0.15, -0.1) is 0 Å². The molecule has 0 heterocycles. The maximum atomic E-state index is 13.6. The van der Waals surface area contributed by atoms with Crippen LogP contribution in [0.25, 0.3) is 11.1 Å². The van der Waals surface area contributed by atoms with Crippen LogP contribution < -0.4 is 4.74 Å². The normalized spacial score (nSPS) is 10.3. The van der Waals surface area contributed by atoms with Crippen molar-refractivity contribution >= 4 is 17.6 Å². The molecular weight excluding hydrogens is 271 g/mol. The van der Waals surface area contributed by atoms with Crippen LogP contribution in [-0.4, -0.2) is 18.2 Å². The van der Waals surface area contributed by atoms with Gasteiger partial charge in [0.25, 0.3) is 0 Å². The highest BCUT2D eigenvalue weighted by Crippen LogP contribution is 2.32. The second kappa shape index (κ2) is 5.28. The fourth-order valence-corrected chi connectivity index (χ4v) is 2.07. The predicted octanol–water partition coefficient (Wildman–Crippen LogP) is 3.85. The van der Waals surface area contributed by atoms with Gasteiger partial charge in [0.1, 0.15) is 17.1 Å². The van der Waals surface area contributed by atoms with Crippen molar-refractivity contribution in [3.8, 4) is 16.9 Å². The van der Waals surface area contributed by atoms with Crippen molar-refractivity contribution < 1.29 is 19.0 Å². The number of hydrogen-bond donors (Lipinski definition) is 1. The van der Waals surface area contributed by atoms with Crippen molar-refractivity contribution in [2.24, 2.45) is 0 Å². The van der Waals surface area contributed by atoms with E-state index in [1.807, 2.05) is 0 Å². The van der Waals surface area contributed by atoms with Gasteiger partial charge in [-0.1, -0.05) is 29.8 Å². The first-order valence-corrected chi connectivity index (χ1v) is 5.78. The molecule has 2 rings (SSSR count). The quantitative estimate of drug-likeness (QED) is 0.929. The van der Waals surface area contributed by atoms with Crippen LogP contribution in [-0.2, 0) is 0 Å². The molecule has 2 aromatic carbocycles. The number of ether oxygens (including phenoxy) is 1. The number of hydrogen-bond acceptors (Lipinski definition) is 2. The number of carboxylic acid groups (broad SMARTS) is 1. The molecule has 0 radical (unpaired) electrons. The van der Waals surface area contributed by atoms with Crippen LogP contribution in [0, 0.1) is 5.82 Å². The van der Waals surface area contributed by atoms with E-state index >= 15 is 0 Å². The van der Waals surface area contributed by atoms with E-state index in [-0.39, 0.29) is 11.1 Å². The fourth-order valence-electron chi connectivity index (χ4n) is 1.82. The Kier molecular flexibility index (Phi) is 3.71. The van der Waals surface area contributed by atoms with Crippen LogP contribution in [0.4, 0.5) is 4.39 Å². The number of carbonyl (C=O) groups is 1. The van der Waals surface area contributed by atoms with E-state index in [0.29, 0.717) is 16.3 Å². The zero-order chi connectivity index (χ0) is 14.0. The van der Waals surface area contributed by atoms with Crippen molar-refractivity contribution in [3.05, 3.63) is 52.8 Å². The molecule has 19 heavy (non-hydrogen) atoms. The van der Waals surface area contributed by atoms with Crippen molar-refractivity contribution in [2.45, 2.75) is 0 Å². The molecule has 98 valence electrons. The predicted molar refractivity (Wildman–Crippen MR) is 70.4 cm³/mol. The Morgan fingerprint density at radius 1 is 1.32 bits per heavy atom. The summed E-state index contributed by atoms with van der Waals surface area (Å²) in [4.78, 5) is 11.1. The van der Waals surface area contributed by atoms with Crippen LogP contribution in [0.1, 0.15) is 10.4 Å². The Hall–Kier alpha value is -2.07. The van der Waals surface area contributed by atoms with E-state index in [1.165, 1.54) is 19.2 Å². The van der Waals surface area contributed by atoms with Gasteiger partial charge in [-0.25, -0.2) is 9.18 Å². The minimum absolute atomic E-state index is 0.275. The summed E-state index contributed by atoms with van der Waals surface area (Å²) in [5.41, 5.74) is 0.420. The third-order valence-electron chi connectivity index (χ3n) is 2.69. The van der Waals surface area contributed by atoms with E-state index in [2.05, 4.69) is 0 Å². The number of halogens is 2. The van der Waals surface area contributed by atoms with Gasteiger partial charge in [0.05, 0.1) is 12.1 Å². The Balaban J connectivity index is 2.62. The first-order valence-electron chi connectivity index (χ1n) is 5.40. The minimum atomic E-state index is -1.32. The van der Waals surface area contributed by atoms with Crippen molar-refractivity contribution in [3.63, 3.8) is 0 Å². The van der Waals surface area contributed by atoms with Crippen molar-refractivity contribution in [1.82, 2.24) is 0 Å². The van der Waals surface area contributed by atoms with E-state index < -0.39 is 11.8 Å². The molecule has 0 fully saturated rings. The molecule has 0 amide bonds. The second-order valence-corrected chi connectivity index (χ2v) is 4.22. The van der Waals surface area contributed by atoms with E-state index in [0.717, 1.165) is 6.07 Å². The summed E-state index contributed by atoms with van der Waals surface area (Å²) in [5.74, 6) is -1.63. The summed E-state index contributed by atoms with van der Waals surface area (Å²) < 4.78 is 18.6. The topological polar surface area (TPSA) is 46.5 Å². The molecule has 0 spiro atoms. The number of aromatic carboxylic acids is 1. The average molecular weight is 281 g/mol. The van der Waals surface area contributed by atoms with Gasteiger partial charge >= 0.3 is 5.97 Å². The molecule has 2 aromatic rings. The lowest BCUT2D eigenvalue weighted by atomic mass is 9.99. The maximum Gasteiger partial charge on any atom is 0.339 e. The molecule has 0 aliphatic heterocycles. The molecule has 0 aromatic heterocycles.